The van der Waals surface area contributed by atoms with Gasteiger partial charge in [0.15, 0.2) is 6.61 Å². The number of hydrogen-bond acceptors (Lipinski definition) is 4. The van der Waals surface area contributed by atoms with Gasteiger partial charge in [-0.05, 0) is 67.1 Å². The van der Waals surface area contributed by atoms with E-state index in [1.807, 2.05) is 19.1 Å². The van der Waals surface area contributed by atoms with Crippen molar-refractivity contribution in [2.24, 2.45) is 5.14 Å². The highest BCUT2D eigenvalue weighted by Gasteiger charge is 2.14. The molecule has 26 heavy (non-hydrogen) atoms. The number of rotatable bonds is 6. The van der Waals surface area contributed by atoms with Gasteiger partial charge in [-0.2, -0.15) is 0 Å². The van der Waals surface area contributed by atoms with Gasteiger partial charge in [-0.25, -0.2) is 13.6 Å². The van der Waals surface area contributed by atoms with Crippen LogP contribution in [0, 0.1) is 0 Å². The fraction of sp³-hybridized carbons (Fsp3) is 0.316. The Bertz CT molecular complexity index is 908. The van der Waals surface area contributed by atoms with E-state index in [9.17, 15) is 13.2 Å². The van der Waals surface area contributed by atoms with Crippen molar-refractivity contribution < 1.29 is 17.9 Å². The molecule has 0 saturated carbocycles. The number of fused-ring (bicyclic) bond motifs is 1. The third-order valence-electron chi connectivity index (χ3n) is 4.53. The molecule has 1 atom stereocenters. The Morgan fingerprint density at radius 1 is 1.15 bits per heavy atom. The molecule has 1 aliphatic carbocycles. The van der Waals surface area contributed by atoms with Gasteiger partial charge in [-0.3, -0.25) is 4.79 Å². The molecule has 6 nitrogen and oxygen atoms in total. The molecule has 0 bridgehead atoms. The predicted molar refractivity (Wildman–Crippen MR) is 98.3 cm³/mol. The van der Waals surface area contributed by atoms with Crippen molar-refractivity contribution in [2.45, 2.75) is 37.1 Å². The maximum Gasteiger partial charge on any atom is 0.258 e. The topological polar surface area (TPSA) is 98.5 Å². The van der Waals surface area contributed by atoms with Crippen LogP contribution in [0.25, 0.3) is 0 Å². The van der Waals surface area contributed by atoms with E-state index >= 15 is 0 Å². The monoisotopic (exact) mass is 374 g/mol. The Labute approximate surface area is 153 Å². The zero-order valence-electron chi connectivity index (χ0n) is 14.6. The number of hydrogen-bond donors (Lipinski definition) is 2. The smallest absolute Gasteiger partial charge is 0.258 e. The SMILES string of the molecule is C[C@@H](NC(=O)COc1ccc2c(c1)CCC2)c1ccc(S(N)(=O)=O)cc1. The van der Waals surface area contributed by atoms with E-state index in [-0.39, 0.29) is 23.5 Å². The van der Waals surface area contributed by atoms with Gasteiger partial charge in [0.1, 0.15) is 5.75 Å². The second-order valence-corrected chi connectivity index (χ2v) is 8.04. The Kier molecular flexibility index (Phi) is 5.29. The van der Waals surface area contributed by atoms with E-state index in [1.165, 1.54) is 29.7 Å². The Morgan fingerprint density at radius 2 is 1.85 bits per heavy atom. The van der Waals surface area contributed by atoms with Crippen LogP contribution >= 0.6 is 0 Å². The molecule has 0 unspecified atom stereocenters. The first kappa shape index (κ1) is 18.4. The first-order valence-electron chi connectivity index (χ1n) is 8.49. The van der Waals surface area contributed by atoms with E-state index in [0.717, 1.165) is 18.4 Å². The first-order valence-corrected chi connectivity index (χ1v) is 10.0. The molecule has 138 valence electrons. The number of aryl methyl sites for hydroxylation is 2. The summed E-state index contributed by atoms with van der Waals surface area (Å²) in [7, 11) is -3.72. The maximum atomic E-state index is 12.1. The standard InChI is InChI=1S/C19H22N2O4S/c1-13(14-6-9-18(10-7-14)26(20,23)24)21-19(22)12-25-17-8-5-15-3-2-4-16(15)11-17/h5-11,13H,2-4,12H2,1H3,(H,21,22)(H2,20,23,24)/t13-/m1/s1. The van der Waals surface area contributed by atoms with Crippen molar-refractivity contribution in [1.82, 2.24) is 5.32 Å². The third-order valence-corrected chi connectivity index (χ3v) is 5.46. The number of nitrogens with one attached hydrogen (secondary N) is 1. The summed E-state index contributed by atoms with van der Waals surface area (Å²) in [5, 5.41) is 7.91. The molecular formula is C19H22N2O4S. The van der Waals surface area contributed by atoms with E-state index in [1.54, 1.807) is 12.1 Å². The largest absolute Gasteiger partial charge is 0.484 e. The molecule has 3 N–H and O–H groups in total. The zero-order valence-corrected chi connectivity index (χ0v) is 15.4. The molecule has 7 heteroatoms. The number of carbonyl (C=O) groups excluding carboxylic acids is 1. The highest BCUT2D eigenvalue weighted by Crippen LogP contribution is 2.26. The molecule has 3 rings (SSSR count). The van der Waals surface area contributed by atoms with Gasteiger partial charge in [-0.15, -0.1) is 0 Å². The van der Waals surface area contributed by atoms with Gasteiger partial charge in [0.2, 0.25) is 10.0 Å². The lowest BCUT2D eigenvalue weighted by atomic mass is 10.1. The van der Waals surface area contributed by atoms with Crippen LogP contribution in [-0.2, 0) is 27.7 Å². The van der Waals surface area contributed by atoms with Gasteiger partial charge >= 0.3 is 0 Å². The normalized spacial score (nSPS) is 14.5. The van der Waals surface area contributed by atoms with Crippen LogP contribution in [0.4, 0.5) is 0 Å². The molecule has 0 spiro atoms. The minimum absolute atomic E-state index is 0.0414. The molecule has 1 amide bonds. The Hall–Kier alpha value is -2.38. The Balaban J connectivity index is 1.54. The molecule has 1 aliphatic rings. The van der Waals surface area contributed by atoms with Crippen molar-refractivity contribution in [1.29, 1.82) is 0 Å². The molecule has 0 radical (unpaired) electrons. The minimum atomic E-state index is -3.72. The lowest BCUT2D eigenvalue weighted by molar-refractivity contribution is -0.123. The lowest BCUT2D eigenvalue weighted by Crippen LogP contribution is -2.31. The summed E-state index contributed by atoms with van der Waals surface area (Å²) in [6.45, 7) is 1.75. The fourth-order valence-electron chi connectivity index (χ4n) is 3.10. The number of ether oxygens (including phenoxy) is 1. The summed E-state index contributed by atoms with van der Waals surface area (Å²) < 4.78 is 28.1. The van der Waals surface area contributed by atoms with Crippen LogP contribution in [0.15, 0.2) is 47.4 Å². The summed E-state index contributed by atoms with van der Waals surface area (Å²) in [5.41, 5.74) is 3.44. The highest BCUT2D eigenvalue weighted by molar-refractivity contribution is 7.89. The van der Waals surface area contributed by atoms with Crippen molar-refractivity contribution in [3.05, 3.63) is 59.2 Å². The summed E-state index contributed by atoms with van der Waals surface area (Å²) in [5.74, 6) is 0.458. The minimum Gasteiger partial charge on any atom is -0.484 e. The number of amides is 1. The molecule has 0 saturated heterocycles. The third kappa shape index (κ3) is 4.42. The van der Waals surface area contributed by atoms with Gasteiger partial charge in [0, 0.05) is 0 Å². The zero-order chi connectivity index (χ0) is 18.7. The molecule has 0 aliphatic heterocycles. The van der Waals surface area contributed by atoms with Gasteiger partial charge in [0.05, 0.1) is 10.9 Å². The Morgan fingerprint density at radius 3 is 2.54 bits per heavy atom. The van der Waals surface area contributed by atoms with Crippen molar-refractivity contribution in [2.75, 3.05) is 6.61 Å². The van der Waals surface area contributed by atoms with E-state index in [2.05, 4.69) is 11.4 Å². The van der Waals surface area contributed by atoms with Crippen LogP contribution in [0.5, 0.6) is 5.75 Å². The van der Waals surface area contributed by atoms with Gasteiger partial charge in [0.25, 0.3) is 5.91 Å². The van der Waals surface area contributed by atoms with Crippen LogP contribution in [0.2, 0.25) is 0 Å². The average Bonchev–Trinajstić information content (AvgIpc) is 3.07. The van der Waals surface area contributed by atoms with Crippen molar-refractivity contribution >= 4 is 15.9 Å². The van der Waals surface area contributed by atoms with Crippen LogP contribution in [-0.4, -0.2) is 20.9 Å². The van der Waals surface area contributed by atoms with E-state index in [0.29, 0.717) is 5.75 Å². The predicted octanol–water partition coefficient (Wildman–Crippen LogP) is 2.08. The molecule has 2 aromatic rings. The molecule has 0 aromatic heterocycles. The second kappa shape index (κ2) is 7.47. The van der Waals surface area contributed by atoms with E-state index < -0.39 is 10.0 Å². The summed E-state index contributed by atoms with van der Waals surface area (Å²) in [4.78, 5) is 12.1. The van der Waals surface area contributed by atoms with Crippen LogP contribution < -0.4 is 15.2 Å². The molecule has 0 heterocycles. The maximum absolute atomic E-state index is 12.1. The summed E-state index contributed by atoms with van der Waals surface area (Å²) >= 11 is 0. The highest BCUT2D eigenvalue weighted by atomic mass is 32.2. The number of primary sulfonamides is 1. The van der Waals surface area contributed by atoms with Crippen LogP contribution in [0.3, 0.4) is 0 Å². The summed E-state index contributed by atoms with van der Waals surface area (Å²) in [6.07, 6.45) is 3.34. The number of carbonyl (C=O) groups is 1. The van der Waals surface area contributed by atoms with Gasteiger partial charge in [-0.1, -0.05) is 18.2 Å². The average molecular weight is 374 g/mol. The fourth-order valence-corrected chi connectivity index (χ4v) is 3.61. The number of sulfonamides is 1. The van der Waals surface area contributed by atoms with Gasteiger partial charge < -0.3 is 10.1 Å². The van der Waals surface area contributed by atoms with Crippen molar-refractivity contribution in [3.63, 3.8) is 0 Å². The number of benzene rings is 2. The molecular weight excluding hydrogens is 352 g/mol. The lowest BCUT2D eigenvalue weighted by Gasteiger charge is -2.15. The van der Waals surface area contributed by atoms with Crippen molar-refractivity contribution in [3.8, 4) is 5.75 Å². The first-order chi connectivity index (χ1) is 12.3. The number of nitrogens with two attached hydrogens (primary N) is 1. The molecule has 2 aromatic carbocycles. The molecule has 0 fully saturated rings. The quantitative estimate of drug-likeness (QED) is 0.809. The summed E-state index contributed by atoms with van der Waals surface area (Å²) in [6, 6.07) is 11.8. The van der Waals surface area contributed by atoms with Crippen LogP contribution in [0.1, 0.15) is 36.1 Å². The second-order valence-electron chi connectivity index (χ2n) is 6.48. The van der Waals surface area contributed by atoms with E-state index in [4.69, 9.17) is 9.88 Å².